The number of hydrogen-bond donors (Lipinski definition) is 1. The van der Waals surface area contributed by atoms with E-state index < -0.39 is 10.9 Å². The molecule has 6 nitrogen and oxygen atoms in total. The third-order valence-electron chi connectivity index (χ3n) is 3.10. The second-order valence-electron chi connectivity index (χ2n) is 4.51. The molecule has 1 aromatic carbocycles. The Hall–Kier alpha value is -2.37. The number of non-ortho nitro benzene ring substituents is 1. The van der Waals surface area contributed by atoms with Crippen molar-refractivity contribution in [3.05, 3.63) is 40.0 Å². The van der Waals surface area contributed by atoms with E-state index in [1.165, 1.54) is 18.2 Å². The molecule has 1 fully saturated rings. The molecule has 0 atom stereocenters. The second-order valence-corrected chi connectivity index (χ2v) is 4.51. The van der Waals surface area contributed by atoms with Crippen molar-refractivity contribution in [1.82, 2.24) is 0 Å². The number of benzene rings is 1. The van der Waals surface area contributed by atoms with Crippen LogP contribution in [0.15, 0.2) is 24.3 Å². The lowest BCUT2D eigenvalue weighted by atomic mass is 10.1. The maximum atomic E-state index is 10.8. The van der Waals surface area contributed by atoms with Crippen molar-refractivity contribution in [2.75, 3.05) is 11.9 Å². The molecular weight excluding hydrogens is 248 g/mol. The molecule has 19 heavy (non-hydrogen) atoms. The average molecular weight is 262 g/mol. The van der Waals surface area contributed by atoms with Gasteiger partial charge < -0.3 is 10.0 Å². The van der Waals surface area contributed by atoms with E-state index in [9.17, 15) is 14.9 Å². The second kappa shape index (κ2) is 5.09. The van der Waals surface area contributed by atoms with Crippen LogP contribution in [-0.2, 0) is 4.79 Å². The first-order chi connectivity index (χ1) is 8.99. The molecule has 100 valence electrons. The van der Waals surface area contributed by atoms with Gasteiger partial charge in [-0.2, -0.15) is 0 Å². The van der Waals surface area contributed by atoms with Gasteiger partial charge in [-0.05, 0) is 25.0 Å². The largest absolute Gasteiger partial charge is 0.478 e. The first-order valence-electron chi connectivity index (χ1n) is 5.91. The van der Waals surface area contributed by atoms with Gasteiger partial charge in [-0.1, -0.05) is 0 Å². The van der Waals surface area contributed by atoms with Crippen molar-refractivity contribution in [3.8, 4) is 0 Å². The molecular formula is C13H14N2O4. The zero-order valence-corrected chi connectivity index (χ0v) is 10.4. The van der Waals surface area contributed by atoms with Gasteiger partial charge in [-0.3, -0.25) is 10.1 Å². The lowest BCUT2D eigenvalue weighted by Crippen LogP contribution is -2.20. The standard InChI is InChI=1S/C13H14N2O4/c1-14(10-3-4-10)12-6-5-11(15(18)19)8-9(12)2-7-13(16)17/h2,5-8,10H,3-4H2,1H3,(H,16,17)/b7-2+. The van der Waals surface area contributed by atoms with Crippen molar-refractivity contribution in [2.24, 2.45) is 0 Å². The van der Waals surface area contributed by atoms with Crippen molar-refractivity contribution in [2.45, 2.75) is 18.9 Å². The molecule has 6 heteroatoms. The maximum Gasteiger partial charge on any atom is 0.328 e. The van der Waals surface area contributed by atoms with Crippen molar-refractivity contribution < 1.29 is 14.8 Å². The molecule has 1 aromatic rings. The Kier molecular flexibility index (Phi) is 3.50. The monoisotopic (exact) mass is 262 g/mol. The van der Waals surface area contributed by atoms with E-state index >= 15 is 0 Å². The van der Waals surface area contributed by atoms with Gasteiger partial charge in [0.2, 0.25) is 0 Å². The number of anilines is 1. The Morgan fingerprint density at radius 2 is 2.21 bits per heavy atom. The summed E-state index contributed by atoms with van der Waals surface area (Å²) in [6.45, 7) is 0. The molecule has 1 aliphatic rings. The molecule has 0 amide bonds. The van der Waals surface area contributed by atoms with Crippen LogP contribution >= 0.6 is 0 Å². The fourth-order valence-corrected chi connectivity index (χ4v) is 1.93. The van der Waals surface area contributed by atoms with Gasteiger partial charge in [-0.15, -0.1) is 0 Å². The first kappa shape index (κ1) is 13.1. The fraction of sp³-hybridized carbons (Fsp3) is 0.308. The quantitative estimate of drug-likeness (QED) is 0.500. The number of nitrogens with zero attached hydrogens (tertiary/aromatic N) is 2. The van der Waals surface area contributed by atoms with Crippen LogP contribution in [0.5, 0.6) is 0 Å². The van der Waals surface area contributed by atoms with Gasteiger partial charge >= 0.3 is 5.97 Å². The number of nitro groups is 1. The van der Waals surface area contributed by atoms with E-state index in [0.29, 0.717) is 11.6 Å². The molecule has 1 N–H and O–H groups in total. The zero-order chi connectivity index (χ0) is 14.0. The minimum Gasteiger partial charge on any atom is -0.478 e. The molecule has 2 rings (SSSR count). The van der Waals surface area contributed by atoms with Gasteiger partial charge in [0.1, 0.15) is 0 Å². The van der Waals surface area contributed by atoms with Crippen LogP contribution in [0.3, 0.4) is 0 Å². The van der Waals surface area contributed by atoms with Crippen LogP contribution in [0.2, 0.25) is 0 Å². The lowest BCUT2D eigenvalue weighted by molar-refractivity contribution is -0.384. The summed E-state index contributed by atoms with van der Waals surface area (Å²) in [5.41, 5.74) is 1.31. The lowest BCUT2D eigenvalue weighted by Gasteiger charge is -2.20. The third kappa shape index (κ3) is 3.09. The van der Waals surface area contributed by atoms with Crippen LogP contribution in [0.4, 0.5) is 11.4 Å². The Morgan fingerprint density at radius 3 is 2.74 bits per heavy atom. The minimum atomic E-state index is -1.08. The summed E-state index contributed by atoms with van der Waals surface area (Å²) in [6, 6.07) is 4.94. The molecule has 0 radical (unpaired) electrons. The summed E-state index contributed by atoms with van der Waals surface area (Å²) in [5.74, 6) is -1.08. The van der Waals surface area contributed by atoms with Crippen LogP contribution in [0.1, 0.15) is 18.4 Å². The summed E-state index contributed by atoms with van der Waals surface area (Å²) in [7, 11) is 1.91. The van der Waals surface area contributed by atoms with Crippen molar-refractivity contribution in [1.29, 1.82) is 0 Å². The average Bonchev–Trinajstić information content (AvgIpc) is 3.19. The van der Waals surface area contributed by atoms with Crippen LogP contribution in [-0.4, -0.2) is 29.1 Å². The number of aliphatic carboxylic acids is 1. The Morgan fingerprint density at radius 1 is 1.53 bits per heavy atom. The van der Waals surface area contributed by atoms with E-state index in [2.05, 4.69) is 0 Å². The highest BCUT2D eigenvalue weighted by Crippen LogP contribution is 2.34. The number of hydrogen-bond acceptors (Lipinski definition) is 4. The van der Waals surface area contributed by atoms with Crippen LogP contribution in [0.25, 0.3) is 6.08 Å². The van der Waals surface area contributed by atoms with E-state index in [-0.39, 0.29) is 5.69 Å². The highest BCUT2D eigenvalue weighted by atomic mass is 16.6. The SMILES string of the molecule is CN(c1ccc([N+](=O)[O-])cc1/C=C/C(=O)O)C1CC1. The normalized spacial score (nSPS) is 14.6. The fourth-order valence-electron chi connectivity index (χ4n) is 1.93. The Balaban J connectivity index is 2.40. The van der Waals surface area contributed by atoms with Gasteiger partial charge in [-0.25, -0.2) is 4.79 Å². The van der Waals surface area contributed by atoms with Crippen LogP contribution < -0.4 is 4.90 Å². The summed E-state index contributed by atoms with van der Waals surface area (Å²) in [4.78, 5) is 22.9. The number of rotatable bonds is 5. The van der Waals surface area contributed by atoms with E-state index in [0.717, 1.165) is 24.6 Å². The van der Waals surface area contributed by atoms with E-state index in [4.69, 9.17) is 5.11 Å². The molecule has 0 spiro atoms. The highest BCUT2D eigenvalue weighted by Gasteiger charge is 2.27. The predicted octanol–water partition coefficient (Wildman–Crippen LogP) is 2.29. The van der Waals surface area contributed by atoms with E-state index in [1.807, 2.05) is 11.9 Å². The zero-order valence-electron chi connectivity index (χ0n) is 10.4. The van der Waals surface area contributed by atoms with Gasteiger partial charge in [0.15, 0.2) is 0 Å². The predicted molar refractivity (Wildman–Crippen MR) is 71.2 cm³/mol. The van der Waals surface area contributed by atoms with Gasteiger partial charge in [0.05, 0.1) is 4.92 Å². The molecule has 0 saturated heterocycles. The number of nitro benzene ring substituents is 1. The number of carboxylic acid groups (broad SMARTS) is 1. The molecule has 0 unspecified atom stereocenters. The van der Waals surface area contributed by atoms with Gasteiger partial charge in [0.25, 0.3) is 5.69 Å². The summed E-state index contributed by atoms with van der Waals surface area (Å²) >= 11 is 0. The summed E-state index contributed by atoms with van der Waals surface area (Å²) in [5, 5.41) is 19.4. The molecule has 0 aromatic heterocycles. The first-order valence-corrected chi connectivity index (χ1v) is 5.91. The topological polar surface area (TPSA) is 83.7 Å². The van der Waals surface area contributed by atoms with E-state index in [1.54, 1.807) is 6.07 Å². The Bertz CT molecular complexity index is 550. The van der Waals surface area contributed by atoms with Crippen LogP contribution in [0, 0.1) is 10.1 Å². The molecule has 1 saturated carbocycles. The molecule has 0 aliphatic heterocycles. The Labute approximate surface area is 110 Å². The number of carboxylic acids is 1. The summed E-state index contributed by atoms with van der Waals surface area (Å²) < 4.78 is 0. The molecule has 1 aliphatic carbocycles. The summed E-state index contributed by atoms with van der Waals surface area (Å²) in [6.07, 6.45) is 4.57. The van der Waals surface area contributed by atoms with Gasteiger partial charge in [0, 0.05) is 42.5 Å². The highest BCUT2D eigenvalue weighted by molar-refractivity contribution is 5.87. The van der Waals surface area contributed by atoms with Crippen molar-refractivity contribution >= 4 is 23.4 Å². The minimum absolute atomic E-state index is 0.0435. The molecule has 0 bridgehead atoms. The maximum absolute atomic E-state index is 10.8. The number of carbonyl (C=O) groups is 1. The third-order valence-corrected chi connectivity index (χ3v) is 3.10. The smallest absolute Gasteiger partial charge is 0.328 e. The molecule has 0 heterocycles. The van der Waals surface area contributed by atoms with Crippen molar-refractivity contribution in [3.63, 3.8) is 0 Å².